The zero-order chi connectivity index (χ0) is 14.3. The SMILES string of the molecule is Cc1ccc2cc(-c3ccc(Br)c(C)c3)c(C=O)n2c1. The maximum absolute atomic E-state index is 11.5. The number of nitrogens with zero attached hydrogens (tertiary/aromatic N) is 1. The average Bonchev–Trinajstić information content (AvgIpc) is 2.79. The molecular weight excluding hydrogens is 314 g/mol. The van der Waals surface area contributed by atoms with Crippen LogP contribution in [0.5, 0.6) is 0 Å². The number of rotatable bonds is 2. The van der Waals surface area contributed by atoms with Gasteiger partial charge in [-0.15, -0.1) is 0 Å². The molecule has 0 N–H and O–H groups in total. The Balaban J connectivity index is 2.30. The van der Waals surface area contributed by atoms with E-state index in [1.807, 2.05) is 42.6 Å². The largest absolute Gasteiger partial charge is 0.313 e. The second-order valence-corrected chi connectivity index (χ2v) is 5.88. The Morgan fingerprint density at radius 2 is 1.90 bits per heavy atom. The summed E-state index contributed by atoms with van der Waals surface area (Å²) in [6.07, 6.45) is 2.92. The first kappa shape index (κ1) is 13.1. The van der Waals surface area contributed by atoms with Crippen LogP contribution in [0, 0.1) is 13.8 Å². The zero-order valence-electron chi connectivity index (χ0n) is 11.4. The van der Waals surface area contributed by atoms with Gasteiger partial charge in [-0.2, -0.15) is 0 Å². The van der Waals surface area contributed by atoms with E-state index in [4.69, 9.17) is 0 Å². The molecule has 0 bridgehead atoms. The molecule has 20 heavy (non-hydrogen) atoms. The van der Waals surface area contributed by atoms with Crippen molar-refractivity contribution in [3.8, 4) is 11.1 Å². The lowest BCUT2D eigenvalue weighted by atomic mass is 10.0. The van der Waals surface area contributed by atoms with Crippen molar-refractivity contribution >= 4 is 27.7 Å². The quantitative estimate of drug-likeness (QED) is 0.619. The van der Waals surface area contributed by atoms with Crippen molar-refractivity contribution in [3.05, 3.63) is 63.9 Å². The molecule has 0 saturated carbocycles. The smallest absolute Gasteiger partial charge is 0.167 e. The lowest BCUT2D eigenvalue weighted by Crippen LogP contribution is -1.93. The monoisotopic (exact) mass is 327 g/mol. The van der Waals surface area contributed by atoms with Gasteiger partial charge in [0.1, 0.15) is 0 Å². The van der Waals surface area contributed by atoms with Gasteiger partial charge in [0.05, 0.1) is 5.69 Å². The van der Waals surface area contributed by atoms with Crippen LogP contribution in [0.25, 0.3) is 16.6 Å². The molecule has 0 radical (unpaired) electrons. The summed E-state index contributed by atoms with van der Waals surface area (Å²) in [6, 6.07) is 12.3. The zero-order valence-corrected chi connectivity index (χ0v) is 12.9. The van der Waals surface area contributed by atoms with Crippen LogP contribution in [0.1, 0.15) is 21.6 Å². The Labute approximate surface area is 126 Å². The Morgan fingerprint density at radius 1 is 1.10 bits per heavy atom. The number of aromatic nitrogens is 1. The Hall–Kier alpha value is -1.87. The van der Waals surface area contributed by atoms with E-state index in [1.165, 1.54) is 0 Å². The third-order valence-corrected chi connectivity index (χ3v) is 4.43. The second-order valence-electron chi connectivity index (χ2n) is 5.03. The van der Waals surface area contributed by atoms with E-state index in [1.54, 1.807) is 0 Å². The molecule has 0 aliphatic carbocycles. The molecule has 0 aliphatic rings. The minimum atomic E-state index is 0.699. The van der Waals surface area contributed by atoms with Gasteiger partial charge >= 0.3 is 0 Å². The van der Waals surface area contributed by atoms with Crippen LogP contribution in [0.2, 0.25) is 0 Å². The van der Waals surface area contributed by atoms with Gasteiger partial charge in [0.2, 0.25) is 0 Å². The topological polar surface area (TPSA) is 21.5 Å². The molecule has 0 fully saturated rings. The van der Waals surface area contributed by atoms with Gasteiger partial charge in [-0.3, -0.25) is 4.79 Å². The number of hydrogen-bond acceptors (Lipinski definition) is 1. The molecule has 2 aromatic heterocycles. The molecule has 3 rings (SSSR count). The molecule has 3 aromatic rings. The van der Waals surface area contributed by atoms with Crippen molar-refractivity contribution in [3.63, 3.8) is 0 Å². The third-order valence-electron chi connectivity index (χ3n) is 3.54. The third kappa shape index (κ3) is 2.08. The highest BCUT2D eigenvalue weighted by Gasteiger charge is 2.12. The summed E-state index contributed by atoms with van der Waals surface area (Å²) >= 11 is 3.51. The lowest BCUT2D eigenvalue weighted by molar-refractivity contribution is 0.111. The molecule has 0 spiro atoms. The van der Waals surface area contributed by atoms with Gasteiger partial charge in [0.25, 0.3) is 0 Å². The van der Waals surface area contributed by atoms with Crippen LogP contribution in [0.15, 0.2) is 47.1 Å². The highest BCUT2D eigenvalue weighted by atomic mass is 79.9. The molecule has 3 heteroatoms. The molecule has 0 atom stereocenters. The normalized spacial score (nSPS) is 10.9. The fourth-order valence-corrected chi connectivity index (χ4v) is 2.71. The summed E-state index contributed by atoms with van der Waals surface area (Å²) in [5, 5.41) is 0. The van der Waals surface area contributed by atoms with Crippen molar-refractivity contribution in [2.24, 2.45) is 0 Å². The number of aryl methyl sites for hydroxylation is 2. The number of hydrogen-bond donors (Lipinski definition) is 0. The average molecular weight is 328 g/mol. The minimum Gasteiger partial charge on any atom is -0.313 e. The molecule has 2 nitrogen and oxygen atoms in total. The first-order chi connectivity index (χ1) is 9.60. The van der Waals surface area contributed by atoms with Crippen LogP contribution in [0.4, 0.5) is 0 Å². The van der Waals surface area contributed by atoms with E-state index in [2.05, 4.69) is 34.1 Å². The molecular formula is C17H14BrNO. The van der Waals surface area contributed by atoms with Gasteiger partial charge in [0, 0.05) is 21.7 Å². The molecule has 0 aliphatic heterocycles. The minimum absolute atomic E-state index is 0.699. The summed E-state index contributed by atoms with van der Waals surface area (Å²) in [4.78, 5) is 11.5. The maximum atomic E-state index is 11.5. The fourth-order valence-electron chi connectivity index (χ4n) is 2.46. The van der Waals surface area contributed by atoms with E-state index < -0.39 is 0 Å². The van der Waals surface area contributed by atoms with Crippen LogP contribution in [-0.2, 0) is 0 Å². The maximum Gasteiger partial charge on any atom is 0.167 e. The summed E-state index contributed by atoms with van der Waals surface area (Å²) in [7, 11) is 0. The van der Waals surface area contributed by atoms with Crippen molar-refractivity contribution in [1.29, 1.82) is 0 Å². The summed E-state index contributed by atoms with van der Waals surface area (Å²) in [6.45, 7) is 4.07. The first-order valence-corrected chi connectivity index (χ1v) is 7.23. The van der Waals surface area contributed by atoms with Crippen molar-refractivity contribution in [2.45, 2.75) is 13.8 Å². The fraction of sp³-hybridized carbons (Fsp3) is 0.118. The molecule has 0 saturated heterocycles. The molecule has 0 unspecified atom stereocenters. The Kier molecular flexibility index (Phi) is 3.22. The van der Waals surface area contributed by atoms with Crippen LogP contribution < -0.4 is 0 Å². The van der Waals surface area contributed by atoms with E-state index in [9.17, 15) is 4.79 Å². The van der Waals surface area contributed by atoms with E-state index in [0.29, 0.717) is 5.69 Å². The first-order valence-electron chi connectivity index (χ1n) is 6.43. The molecule has 100 valence electrons. The number of fused-ring (bicyclic) bond motifs is 1. The predicted octanol–water partition coefficient (Wildman–Crippen LogP) is 4.80. The number of benzene rings is 1. The summed E-state index contributed by atoms with van der Waals surface area (Å²) in [5.41, 5.74) is 6.06. The van der Waals surface area contributed by atoms with Crippen LogP contribution >= 0.6 is 15.9 Å². The van der Waals surface area contributed by atoms with Gasteiger partial charge in [-0.05, 0) is 48.7 Å². The van der Waals surface area contributed by atoms with Crippen LogP contribution in [0.3, 0.4) is 0 Å². The number of carbonyl (C=O) groups is 1. The van der Waals surface area contributed by atoms with Gasteiger partial charge in [-0.1, -0.05) is 34.1 Å². The number of carbonyl (C=O) groups excluding carboxylic acids is 1. The van der Waals surface area contributed by atoms with Crippen molar-refractivity contribution < 1.29 is 4.79 Å². The lowest BCUT2D eigenvalue weighted by Gasteiger charge is -2.04. The second kappa shape index (κ2) is 4.91. The van der Waals surface area contributed by atoms with Crippen molar-refractivity contribution in [2.75, 3.05) is 0 Å². The van der Waals surface area contributed by atoms with Gasteiger partial charge < -0.3 is 4.40 Å². The highest BCUT2D eigenvalue weighted by Crippen LogP contribution is 2.30. The van der Waals surface area contributed by atoms with Gasteiger partial charge in [0.15, 0.2) is 6.29 Å². The standard InChI is InChI=1S/C17H14BrNO/c1-11-3-5-14-8-15(17(10-20)19(14)9-11)13-4-6-16(18)12(2)7-13/h3-10H,1-2H3. The number of pyridine rings is 1. The number of halogens is 1. The van der Waals surface area contributed by atoms with Crippen LogP contribution in [-0.4, -0.2) is 10.7 Å². The molecule has 1 aromatic carbocycles. The number of aldehydes is 1. The predicted molar refractivity (Wildman–Crippen MR) is 85.4 cm³/mol. The summed E-state index contributed by atoms with van der Waals surface area (Å²) in [5.74, 6) is 0. The summed E-state index contributed by atoms with van der Waals surface area (Å²) < 4.78 is 3.03. The Bertz CT molecular complexity index is 817. The van der Waals surface area contributed by atoms with E-state index in [-0.39, 0.29) is 0 Å². The van der Waals surface area contributed by atoms with Gasteiger partial charge in [-0.25, -0.2) is 0 Å². The highest BCUT2D eigenvalue weighted by molar-refractivity contribution is 9.10. The van der Waals surface area contributed by atoms with Crippen molar-refractivity contribution in [1.82, 2.24) is 4.40 Å². The molecule has 0 amide bonds. The molecule has 2 heterocycles. The van der Waals surface area contributed by atoms with E-state index in [0.717, 1.165) is 38.5 Å². The Morgan fingerprint density at radius 3 is 2.60 bits per heavy atom. The van der Waals surface area contributed by atoms with E-state index >= 15 is 0 Å².